The smallest absolute Gasteiger partial charge is 0.287 e. The second-order valence-corrected chi connectivity index (χ2v) is 5.73. The first kappa shape index (κ1) is 12.7. The van der Waals surface area contributed by atoms with Gasteiger partial charge in [0.2, 0.25) is 0 Å². The Hall–Kier alpha value is -1.33. The largest absolute Gasteiger partial charge is 0.451 e. The SMILES string of the molecule is O=C(N[C@H]1CCCNC1)c1cc2cc(Br)ccc2o1. The van der Waals surface area contributed by atoms with Gasteiger partial charge in [0.25, 0.3) is 5.91 Å². The fourth-order valence-corrected chi connectivity index (χ4v) is 2.74. The quantitative estimate of drug-likeness (QED) is 0.893. The van der Waals surface area contributed by atoms with Crippen LogP contribution in [0.1, 0.15) is 23.4 Å². The molecule has 0 bridgehead atoms. The predicted molar refractivity (Wildman–Crippen MR) is 77.3 cm³/mol. The molecule has 1 amide bonds. The number of fused-ring (bicyclic) bond motifs is 1. The van der Waals surface area contributed by atoms with E-state index in [1.54, 1.807) is 6.07 Å². The fraction of sp³-hybridized carbons (Fsp3) is 0.357. The molecule has 0 aliphatic carbocycles. The molecule has 2 N–H and O–H groups in total. The molecule has 1 aliphatic heterocycles. The molecule has 0 unspecified atom stereocenters. The van der Waals surface area contributed by atoms with E-state index >= 15 is 0 Å². The minimum Gasteiger partial charge on any atom is -0.451 e. The summed E-state index contributed by atoms with van der Waals surface area (Å²) in [5.41, 5.74) is 0.732. The monoisotopic (exact) mass is 322 g/mol. The summed E-state index contributed by atoms with van der Waals surface area (Å²) in [5, 5.41) is 7.21. The molecule has 1 atom stereocenters. The number of carbonyl (C=O) groups is 1. The van der Waals surface area contributed by atoms with Gasteiger partial charge in [-0.2, -0.15) is 0 Å². The third-order valence-electron chi connectivity index (χ3n) is 3.33. The predicted octanol–water partition coefficient (Wildman–Crippen LogP) is 2.68. The average Bonchev–Trinajstić information content (AvgIpc) is 2.83. The molecule has 4 nitrogen and oxygen atoms in total. The zero-order chi connectivity index (χ0) is 13.2. The molecule has 1 aromatic heterocycles. The highest BCUT2D eigenvalue weighted by molar-refractivity contribution is 9.10. The number of halogens is 1. The number of rotatable bonds is 2. The molecular formula is C14H15BrN2O2. The lowest BCUT2D eigenvalue weighted by Crippen LogP contribution is -2.45. The number of carbonyl (C=O) groups excluding carboxylic acids is 1. The maximum absolute atomic E-state index is 12.1. The Kier molecular flexibility index (Phi) is 3.57. The standard InChI is InChI=1S/C14H15BrN2O2/c15-10-3-4-12-9(6-10)7-13(19-12)14(18)17-11-2-1-5-16-8-11/h3-4,6-7,11,16H,1-2,5,8H2,(H,17,18)/t11-/m0/s1. The lowest BCUT2D eigenvalue weighted by Gasteiger charge is -2.23. The van der Waals surface area contributed by atoms with Crippen LogP contribution in [0.5, 0.6) is 0 Å². The van der Waals surface area contributed by atoms with Crippen LogP contribution in [-0.4, -0.2) is 25.0 Å². The Morgan fingerprint density at radius 1 is 1.42 bits per heavy atom. The number of amides is 1. The van der Waals surface area contributed by atoms with Gasteiger partial charge in [0, 0.05) is 22.4 Å². The molecule has 0 radical (unpaired) electrons. The first-order valence-electron chi connectivity index (χ1n) is 6.43. The van der Waals surface area contributed by atoms with Crippen molar-refractivity contribution < 1.29 is 9.21 Å². The number of piperidine rings is 1. The van der Waals surface area contributed by atoms with Crippen molar-refractivity contribution in [1.29, 1.82) is 0 Å². The molecule has 2 heterocycles. The number of furan rings is 1. The molecule has 100 valence electrons. The highest BCUT2D eigenvalue weighted by atomic mass is 79.9. The number of benzene rings is 1. The van der Waals surface area contributed by atoms with Crippen LogP contribution < -0.4 is 10.6 Å². The summed E-state index contributed by atoms with van der Waals surface area (Å²) in [7, 11) is 0. The molecular weight excluding hydrogens is 308 g/mol. The molecule has 1 aromatic carbocycles. The minimum absolute atomic E-state index is 0.138. The van der Waals surface area contributed by atoms with Crippen molar-refractivity contribution in [2.45, 2.75) is 18.9 Å². The summed E-state index contributed by atoms with van der Waals surface area (Å²) >= 11 is 3.41. The van der Waals surface area contributed by atoms with Crippen LogP contribution in [0.3, 0.4) is 0 Å². The normalized spacial score (nSPS) is 19.5. The summed E-state index contributed by atoms with van der Waals surface area (Å²) < 4.78 is 6.55. The van der Waals surface area contributed by atoms with Gasteiger partial charge in [-0.1, -0.05) is 15.9 Å². The van der Waals surface area contributed by atoms with Gasteiger partial charge >= 0.3 is 0 Å². The van der Waals surface area contributed by atoms with Crippen LogP contribution in [0.2, 0.25) is 0 Å². The molecule has 1 saturated heterocycles. The lowest BCUT2D eigenvalue weighted by molar-refractivity contribution is 0.0905. The molecule has 3 rings (SSSR count). The molecule has 5 heteroatoms. The van der Waals surface area contributed by atoms with Gasteiger partial charge in [-0.25, -0.2) is 0 Å². The molecule has 19 heavy (non-hydrogen) atoms. The fourth-order valence-electron chi connectivity index (χ4n) is 2.36. The van der Waals surface area contributed by atoms with Crippen LogP contribution >= 0.6 is 15.9 Å². The van der Waals surface area contributed by atoms with E-state index < -0.39 is 0 Å². The van der Waals surface area contributed by atoms with Gasteiger partial charge < -0.3 is 15.1 Å². The van der Waals surface area contributed by atoms with Gasteiger partial charge in [-0.15, -0.1) is 0 Å². The van der Waals surface area contributed by atoms with Crippen molar-refractivity contribution >= 4 is 32.8 Å². The summed E-state index contributed by atoms with van der Waals surface area (Å²) in [6.07, 6.45) is 2.11. The van der Waals surface area contributed by atoms with Gasteiger partial charge in [0.1, 0.15) is 5.58 Å². The lowest BCUT2D eigenvalue weighted by atomic mass is 10.1. The number of nitrogens with one attached hydrogen (secondary N) is 2. The topological polar surface area (TPSA) is 54.3 Å². The van der Waals surface area contributed by atoms with Crippen LogP contribution in [0.15, 0.2) is 33.2 Å². The van der Waals surface area contributed by atoms with Crippen molar-refractivity contribution in [1.82, 2.24) is 10.6 Å². The van der Waals surface area contributed by atoms with E-state index in [-0.39, 0.29) is 11.9 Å². The molecule has 1 fully saturated rings. The van der Waals surface area contributed by atoms with Crippen LogP contribution in [0, 0.1) is 0 Å². The van der Waals surface area contributed by atoms with E-state index in [1.807, 2.05) is 18.2 Å². The van der Waals surface area contributed by atoms with E-state index in [1.165, 1.54) is 0 Å². The maximum Gasteiger partial charge on any atom is 0.287 e. The Morgan fingerprint density at radius 2 is 2.32 bits per heavy atom. The van der Waals surface area contributed by atoms with E-state index in [2.05, 4.69) is 26.6 Å². The summed E-state index contributed by atoms with van der Waals surface area (Å²) in [4.78, 5) is 12.1. The Labute approximate surface area is 119 Å². The molecule has 2 aromatic rings. The van der Waals surface area contributed by atoms with Crippen molar-refractivity contribution in [2.24, 2.45) is 0 Å². The minimum atomic E-state index is -0.138. The first-order chi connectivity index (χ1) is 9.22. The van der Waals surface area contributed by atoms with E-state index in [9.17, 15) is 4.79 Å². The number of hydrogen-bond donors (Lipinski definition) is 2. The van der Waals surface area contributed by atoms with Gasteiger partial charge in [-0.05, 0) is 43.7 Å². The van der Waals surface area contributed by atoms with Crippen LogP contribution in [0.25, 0.3) is 11.0 Å². The zero-order valence-corrected chi connectivity index (χ0v) is 12.0. The molecule has 1 aliphatic rings. The van der Waals surface area contributed by atoms with Gasteiger partial charge in [0.15, 0.2) is 5.76 Å². The average molecular weight is 323 g/mol. The Morgan fingerprint density at radius 3 is 3.11 bits per heavy atom. The van der Waals surface area contributed by atoms with E-state index in [4.69, 9.17) is 4.42 Å². The maximum atomic E-state index is 12.1. The van der Waals surface area contributed by atoms with Crippen molar-refractivity contribution in [3.8, 4) is 0 Å². The van der Waals surface area contributed by atoms with Crippen LogP contribution in [-0.2, 0) is 0 Å². The molecule has 0 spiro atoms. The van der Waals surface area contributed by atoms with E-state index in [0.717, 1.165) is 41.4 Å². The second kappa shape index (κ2) is 5.35. The third-order valence-corrected chi connectivity index (χ3v) is 3.83. The number of hydrogen-bond acceptors (Lipinski definition) is 3. The third kappa shape index (κ3) is 2.82. The summed E-state index contributed by atoms with van der Waals surface area (Å²) in [6, 6.07) is 7.68. The summed E-state index contributed by atoms with van der Waals surface area (Å²) in [5.74, 6) is 0.236. The van der Waals surface area contributed by atoms with Crippen molar-refractivity contribution in [3.05, 3.63) is 34.5 Å². The molecule has 0 saturated carbocycles. The summed E-state index contributed by atoms with van der Waals surface area (Å²) in [6.45, 7) is 1.86. The highest BCUT2D eigenvalue weighted by Crippen LogP contribution is 2.23. The first-order valence-corrected chi connectivity index (χ1v) is 7.22. The van der Waals surface area contributed by atoms with Gasteiger partial charge in [-0.3, -0.25) is 4.79 Å². The van der Waals surface area contributed by atoms with E-state index in [0.29, 0.717) is 5.76 Å². The van der Waals surface area contributed by atoms with Crippen LogP contribution in [0.4, 0.5) is 0 Å². The van der Waals surface area contributed by atoms with Gasteiger partial charge in [0.05, 0.1) is 0 Å². The highest BCUT2D eigenvalue weighted by Gasteiger charge is 2.18. The Bertz CT molecular complexity index is 603. The zero-order valence-electron chi connectivity index (χ0n) is 10.4. The second-order valence-electron chi connectivity index (χ2n) is 4.81. The van der Waals surface area contributed by atoms with Crippen molar-refractivity contribution in [2.75, 3.05) is 13.1 Å². The Balaban J connectivity index is 1.77. The van der Waals surface area contributed by atoms with Crippen molar-refractivity contribution in [3.63, 3.8) is 0 Å².